The van der Waals surface area contributed by atoms with Crippen LogP contribution in [0.1, 0.15) is 19.4 Å². The summed E-state index contributed by atoms with van der Waals surface area (Å²) in [7, 11) is 0. The molecule has 0 bridgehead atoms. The van der Waals surface area contributed by atoms with Gasteiger partial charge in [-0.2, -0.15) is 0 Å². The van der Waals surface area contributed by atoms with E-state index in [0.717, 1.165) is 26.4 Å². The Kier molecular flexibility index (Phi) is 5.94. The molecule has 98 valence electrons. The molecule has 1 aromatic carbocycles. The zero-order valence-electron chi connectivity index (χ0n) is 10.9. The van der Waals surface area contributed by atoms with Crippen molar-refractivity contribution in [3.63, 3.8) is 0 Å². The molecule has 2 aromatic rings. The van der Waals surface area contributed by atoms with Gasteiger partial charge in [0.1, 0.15) is 0 Å². The number of para-hydroxylation sites is 1. The Morgan fingerprint density at radius 2 is 2.06 bits per heavy atom. The number of aliphatic carboxylic acids is 1. The first-order chi connectivity index (χ1) is 8.65. The van der Waals surface area contributed by atoms with Crippen molar-refractivity contribution >= 4 is 16.9 Å². The van der Waals surface area contributed by atoms with Crippen LogP contribution in [0, 0.1) is 0 Å². The zero-order chi connectivity index (χ0) is 13.4. The average molecular weight is 248 g/mol. The van der Waals surface area contributed by atoms with Crippen LogP contribution in [0.4, 0.5) is 0 Å². The lowest BCUT2D eigenvalue weighted by Gasteiger charge is -1.99. The van der Waals surface area contributed by atoms with Crippen LogP contribution in [-0.2, 0) is 11.2 Å². The normalized spacial score (nSPS) is 9.89. The highest BCUT2D eigenvalue weighted by Gasteiger charge is 2.00. The number of nitrogens with one attached hydrogen (secondary N) is 2. The van der Waals surface area contributed by atoms with Crippen LogP contribution in [0.3, 0.4) is 0 Å². The number of carboxylic acid groups (broad SMARTS) is 1. The molecule has 2 rings (SSSR count). The largest absolute Gasteiger partial charge is 0.481 e. The Hall–Kier alpha value is -1.81. The third-order valence-electron chi connectivity index (χ3n) is 2.50. The Balaban J connectivity index is 0.000000357. The third-order valence-corrected chi connectivity index (χ3v) is 2.50. The van der Waals surface area contributed by atoms with Gasteiger partial charge >= 0.3 is 0 Å². The lowest BCUT2D eigenvalue weighted by molar-refractivity contribution is -0.134. The molecule has 0 atom stereocenters. The van der Waals surface area contributed by atoms with Gasteiger partial charge in [-0.05, 0) is 31.1 Å². The van der Waals surface area contributed by atoms with Gasteiger partial charge in [0, 0.05) is 24.0 Å². The van der Waals surface area contributed by atoms with Gasteiger partial charge < -0.3 is 15.4 Å². The van der Waals surface area contributed by atoms with E-state index in [9.17, 15) is 0 Å². The van der Waals surface area contributed by atoms with E-state index in [1.807, 2.05) is 0 Å². The quantitative estimate of drug-likeness (QED) is 0.728. The number of hydrogen-bond donors (Lipinski definition) is 3. The van der Waals surface area contributed by atoms with Gasteiger partial charge in [0.25, 0.3) is 5.97 Å². The van der Waals surface area contributed by atoms with Crippen LogP contribution in [-0.4, -0.2) is 29.1 Å². The first-order valence-electron chi connectivity index (χ1n) is 6.10. The number of aromatic amines is 1. The highest BCUT2D eigenvalue weighted by molar-refractivity contribution is 5.83. The van der Waals surface area contributed by atoms with Crippen molar-refractivity contribution in [2.24, 2.45) is 0 Å². The van der Waals surface area contributed by atoms with Gasteiger partial charge in [0.15, 0.2) is 0 Å². The molecule has 0 saturated heterocycles. The molecule has 4 heteroatoms. The van der Waals surface area contributed by atoms with Gasteiger partial charge in [-0.3, -0.25) is 4.79 Å². The number of fused-ring (bicyclic) bond motifs is 1. The van der Waals surface area contributed by atoms with E-state index in [1.54, 1.807) is 0 Å². The Morgan fingerprint density at radius 1 is 1.39 bits per heavy atom. The van der Waals surface area contributed by atoms with E-state index >= 15 is 0 Å². The lowest BCUT2D eigenvalue weighted by atomic mass is 10.1. The number of rotatable bonds is 4. The third kappa shape index (κ3) is 4.59. The number of carbonyl (C=O) groups is 1. The fraction of sp³-hybridized carbons (Fsp3) is 0.357. The highest BCUT2D eigenvalue weighted by Crippen LogP contribution is 2.17. The standard InChI is InChI=1S/C12H16N2.C2H4O2/c1-2-13-8-7-10-9-14-12-6-4-3-5-11(10)12;1-2(3)4/h3-6,9,13-14H,2,7-8H2,1H3;1H3,(H,3,4). The van der Waals surface area contributed by atoms with Crippen molar-refractivity contribution in [2.75, 3.05) is 13.1 Å². The monoisotopic (exact) mass is 248 g/mol. The number of carboxylic acids is 1. The molecule has 0 unspecified atom stereocenters. The van der Waals surface area contributed by atoms with Gasteiger partial charge in [0.2, 0.25) is 0 Å². The van der Waals surface area contributed by atoms with Crippen molar-refractivity contribution in [3.8, 4) is 0 Å². The molecule has 4 nitrogen and oxygen atoms in total. The second-order valence-corrected chi connectivity index (χ2v) is 3.98. The maximum atomic E-state index is 9.00. The summed E-state index contributed by atoms with van der Waals surface area (Å²) in [5.74, 6) is -0.833. The van der Waals surface area contributed by atoms with Gasteiger partial charge in [-0.1, -0.05) is 25.1 Å². The molecule has 0 fully saturated rings. The number of hydrogen-bond acceptors (Lipinski definition) is 2. The summed E-state index contributed by atoms with van der Waals surface area (Å²) in [6.07, 6.45) is 3.21. The van der Waals surface area contributed by atoms with Crippen LogP contribution in [0.5, 0.6) is 0 Å². The van der Waals surface area contributed by atoms with Crippen molar-refractivity contribution in [1.29, 1.82) is 0 Å². The summed E-state index contributed by atoms with van der Waals surface area (Å²) < 4.78 is 0. The molecular formula is C14H20N2O2. The highest BCUT2D eigenvalue weighted by atomic mass is 16.4. The van der Waals surface area contributed by atoms with Crippen molar-refractivity contribution in [1.82, 2.24) is 10.3 Å². The predicted octanol–water partition coefficient (Wildman–Crippen LogP) is 2.41. The maximum absolute atomic E-state index is 9.00. The molecule has 0 saturated carbocycles. The summed E-state index contributed by atoms with van der Waals surface area (Å²) in [6, 6.07) is 8.44. The minimum absolute atomic E-state index is 0.833. The number of benzene rings is 1. The minimum atomic E-state index is -0.833. The second kappa shape index (κ2) is 7.50. The molecule has 18 heavy (non-hydrogen) atoms. The van der Waals surface area contributed by atoms with Crippen molar-refractivity contribution in [2.45, 2.75) is 20.3 Å². The molecule has 1 aromatic heterocycles. The fourth-order valence-electron chi connectivity index (χ4n) is 1.74. The number of H-pyrrole nitrogens is 1. The summed E-state index contributed by atoms with van der Waals surface area (Å²) in [4.78, 5) is 12.3. The average Bonchev–Trinajstić information content (AvgIpc) is 2.73. The summed E-state index contributed by atoms with van der Waals surface area (Å²) in [5.41, 5.74) is 2.64. The van der Waals surface area contributed by atoms with E-state index in [-0.39, 0.29) is 0 Å². The molecule has 0 amide bonds. The number of likely N-dealkylation sites (N-methyl/N-ethyl adjacent to an activating group) is 1. The summed E-state index contributed by atoms with van der Waals surface area (Å²) in [5, 5.41) is 12.1. The van der Waals surface area contributed by atoms with Crippen molar-refractivity contribution < 1.29 is 9.90 Å². The number of aromatic nitrogens is 1. The van der Waals surface area contributed by atoms with Crippen LogP contribution >= 0.6 is 0 Å². The second-order valence-electron chi connectivity index (χ2n) is 3.98. The first-order valence-corrected chi connectivity index (χ1v) is 6.10. The first kappa shape index (κ1) is 14.3. The SMILES string of the molecule is CC(=O)O.CCNCCc1c[nH]c2ccccc12. The zero-order valence-corrected chi connectivity index (χ0v) is 10.9. The van der Waals surface area contributed by atoms with Crippen molar-refractivity contribution in [3.05, 3.63) is 36.0 Å². The van der Waals surface area contributed by atoms with Gasteiger partial charge in [0.05, 0.1) is 0 Å². The fourth-order valence-corrected chi connectivity index (χ4v) is 1.74. The summed E-state index contributed by atoms with van der Waals surface area (Å²) in [6.45, 7) is 5.32. The maximum Gasteiger partial charge on any atom is 0.300 e. The summed E-state index contributed by atoms with van der Waals surface area (Å²) >= 11 is 0. The smallest absolute Gasteiger partial charge is 0.300 e. The van der Waals surface area contributed by atoms with E-state index in [0.29, 0.717) is 0 Å². The van der Waals surface area contributed by atoms with E-state index in [2.05, 4.69) is 47.7 Å². The van der Waals surface area contributed by atoms with E-state index < -0.39 is 5.97 Å². The van der Waals surface area contributed by atoms with E-state index in [1.165, 1.54) is 16.5 Å². The molecule has 0 aliphatic heterocycles. The Bertz CT molecular complexity index is 487. The van der Waals surface area contributed by atoms with Crippen LogP contribution in [0.15, 0.2) is 30.5 Å². The van der Waals surface area contributed by atoms with E-state index in [4.69, 9.17) is 9.90 Å². The van der Waals surface area contributed by atoms with Gasteiger partial charge in [-0.15, -0.1) is 0 Å². The minimum Gasteiger partial charge on any atom is -0.481 e. The predicted molar refractivity (Wildman–Crippen MR) is 73.9 cm³/mol. The topological polar surface area (TPSA) is 65.1 Å². The lowest BCUT2D eigenvalue weighted by Crippen LogP contribution is -2.15. The van der Waals surface area contributed by atoms with Crippen LogP contribution < -0.4 is 5.32 Å². The molecular weight excluding hydrogens is 228 g/mol. The molecule has 0 spiro atoms. The Labute approximate surface area is 107 Å². The molecule has 0 aliphatic carbocycles. The molecule has 0 radical (unpaired) electrons. The van der Waals surface area contributed by atoms with Crippen LogP contribution in [0.25, 0.3) is 10.9 Å². The van der Waals surface area contributed by atoms with Gasteiger partial charge in [-0.25, -0.2) is 0 Å². The van der Waals surface area contributed by atoms with Crippen LogP contribution in [0.2, 0.25) is 0 Å². The molecule has 1 heterocycles. The molecule has 3 N–H and O–H groups in total. The molecule has 0 aliphatic rings. The Morgan fingerprint density at radius 3 is 2.72 bits per heavy atom.